The second-order valence-corrected chi connectivity index (χ2v) is 8.90. The van der Waals surface area contributed by atoms with E-state index in [-0.39, 0.29) is 11.8 Å². The lowest BCUT2D eigenvalue weighted by atomic mass is 9.75. The number of furan rings is 1. The standard InChI is InChI=1S/C21H29N5O3/c27-20(22-11-17-4-3-9-29-17)18-13-25-8-5-15(18)10-16(25)12-26-14-19(23-24-26)21(28)6-1-2-7-21/h3-4,9,14-16,18,28H,1-2,5-8,10-13H2,(H,22,27)/t15-,16-,18+/m1/s1. The molecule has 1 aliphatic carbocycles. The zero-order valence-electron chi connectivity index (χ0n) is 16.7. The predicted octanol–water partition coefficient (Wildman–Crippen LogP) is 1.66. The number of nitrogens with zero attached hydrogens (tertiary/aromatic N) is 4. The molecule has 29 heavy (non-hydrogen) atoms. The van der Waals surface area contributed by atoms with Crippen LogP contribution in [0.2, 0.25) is 0 Å². The van der Waals surface area contributed by atoms with Gasteiger partial charge >= 0.3 is 0 Å². The van der Waals surface area contributed by atoms with Crippen LogP contribution in [0.3, 0.4) is 0 Å². The van der Waals surface area contributed by atoms with E-state index in [4.69, 9.17) is 4.42 Å². The van der Waals surface area contributed by atoms with Crippen LogP contribution in [0, 0.1) is 11.8 Å². The number of amides is 1. The monoisotopic (exact) mass is 399 g/mol. The first-order valence-corrected chi connectivity index (χ1v) is 10.8. The maximum atomic E-state index is 12.7. The van der Waals surface area contributed by atoms with E-state index in [0.717, 1.165) is 63.9 Å². The normalized spacial score (nSPS) is 30.5. The summed E-state index contributed by atoms with van der Waals surface area (Å²) in [6.07, 6.45) is 9.26. The first kappa shape index (κ1) is 18.8. The van der Waals surface area contributed by atoms with Crippen molar-refractivity contribution in [2.45, 2.75) is 63.3 Å². The zero-order valence-corrected chi connectivity index (χ0v) is 16.7. The van der Waals surface area contributed by atoms with E-state index in [1.807, 2.05) is 23.0 Å². The number of piperidine rings is 3. The maximum Gasteiger partial charge on any atom is 0.225 e. The van der Waals surface area contributed by atoms with Gasteiger partial charge in [0.15, 0.2) is 0 Å². The van der Waals surface area contributed by atoms with Crippen molar-refractivity contribution in [2.75, 3.05) is 13.1 Å². The Bertz CT molecular complexity index is 842. The van der Waals surface area contributed by atoms with Crippen molar-refractivity contribution < 1.29 is 14.3 Å². The Morgan fingerprint density at radius 2 is 2.24 bits per heavy atom. The molecule has 1 saturated carbocycles. The molecule has 2 aromatic rings. The molecule has 4 fully saturated rings. The molecule has 4 aliphatic rings. The highest BCUT2D eigenvalue weighted by Crippen LogP contribution is 2.38. The van der Waals surface area contributed by atoms with Crippen LogP contribution >= 0.6 is 0 Å². The van der Waals surface area contributed by atoms with Crippen LogP contribution in [0.25, 0.3) is 0 Å². The van der Waals surface area contributed by atoms with Crippen molar-refractivity contribution in [3.8, 4) is 0 Å². The molecule has 3 aliphatic heterocycles. The Hall–Kier alpha value is -2.19. The van der Waals surface area contributed by atoms with Gasteiger partial charge in [-0.25, -0.2) is 0 Å². The van der Waals surface area contributed by atoms with Crippen LogP contribution in [-0.4, -0.2) is 50.0 Å². The first-order chi connectivity index (χ1) is 14.1. The SMILES string of the molecule is O=C(NCc1ccco1)[C@H]1CN2CC[C@@H]1C[C@@H]2Cn1cc(C2(O)CCCC2)nn1. The number of fused-ring (bicyclic) bond motifs is 3. The van der Waals surface area contributed by atoms with Crippen molar-refractivity contribution >= 4 is 5.91 Å². The predicted molar refractivity (Wildman–Crippen MR) is 105 cm³/mol. The molecule has 6 rings (SSSR count). The van der Waals surface area contributed by atoms with Crippen molar-refractivity contribution in [3.05, 3.63) is 36.0 Å². The summed E-state index contributed by atoms with van der Waals surface area (Å²) in [7, 11) is 0. The van der Waals surface area contributed by atoms with Crippen LogP contribution in [0.5, 0.6) is 0 Å². The molecule has 8 nitrogen and oxygen atoms in total. The van der Waals surface area contributed by atoms with E-state index in [1.165, 1.54) is 0 Å². The minimum Gasteiger partial charge on any atom is -0.467 e. The van der Waals surface area contributed by atoms with Gasteiger partial charge in [0.25, 0.3) is 0 Å². The number of carbonyl (C=O) groups excluding carboxylic acids is 1. The van der Waals surface area contributed by atoms with Crippen molar-refractivity contribution in [2.24, 2.45) is 11.8 Å². The molecule has 2 aromatic heterocycles. The average Bonchev–Trinajstić information content (AvgIpc) is 3.49. The number of aromatic nitrogens is 3. The quantitative estimate of drug-likeness (QED) is 0.767. The van der Waals surface area contributed by atoms with E-state index in [9.17, 15) is 9.90 Å². The lowest BCUT2D eigenvalue weighted by Crippen LogP contribution is -2.57. The van der Waals surface area contributed by atoms with Gasteiger partial charge in [-0.2, -0.15) is 0 Å². The minimum absolute atomic E-state index is 0.0421. The summed E-state index contributed by atoms with van der Waals surface area (Å²) >= 11 is 0. The molecule has 3 saturated heterocycles. The molecule has 2 bridgehead atoms. The molecule has 4 atom stereocenters. The highest BCUT2D eigenvalue weighted by atomic mass is 16.3. The third kappa shape index (κ3) is 3.71. The molecule has 0 spiro atoms. The van der Waals surface area contributed by atoms with E-state index >= 15 is 0 Å². The Morgan fingerprint density at radius 3 is 2.97 bits per heavy atom. The molecule has 5 heterocycles. The smallest absolute Gasteiger partial charge is 0.225 e. The van der Waals surface area contributed by atoms with Gasteiger partial charge < -0.3 is 14.8 Å². The van der Waals surface area contributed by atoms with E-state index in [0.29, 0.717) is 24.2 Å². The topological polar surface area (TPSA) is 96.4 Å². The molecule has 0 aromatic carbocycles. The lowest BCUT2D eigenvalue weighted by Gasteiger charge is -2.49. The minimum atomic E-state index is -0.790. The summed E-state index contributed by atoms with van der Waals surface area (Å²) < 4.78 is 7.18. The van der Waals surface area contributed by atoms with Crippen molar-refractivity contribution in [3.63, 3.8) is 0 Å². The average molecular weight is 399 g/mol. The molecule has 156 valence electrons. The van der Waals surface area contributed by atoms with E-state index < -0.39 is 5.60 Å². The molecular weight excluding hydrogens is 370 g/mol. The highest BCUT2D eigenvalue weighted by molar-refractivity contribution is 5.79. The van der Waals surface area contributed by atoms with E-state index in [2.05, 4.69) is 20.5 Å². The fourth-order valence-electron chi connectivity index (χ4n) is 5.38. The largest absolute Gasteiger partial charge is 0.467 e. The van der Waals surface area contributed by atoms with Gasteiger partial charge in [-0.1, -0.05) is 18.1 Å². The van der Waals surface area contributed by atoms with Gasteiger partial charge in [0.05, 0.1) is 31.5 Å². The Labute approximate surface area is 170 Å². The molecular formula is C21H29N5O3. The third-order valence-electron chi connectivity index (χ3n) is 7.08. The van der Waals surface area contributed by atoms with E-state index in [1.54, 1.807) is 6.26 Å². The van der Waals surface area contributed by atoms with Crippen LogP contribution < -0.4 is 5.32 Å². The number of carbonyl (C=O) groups is 1. The van der Waals surface area contributed by atoms with Gasteiger partial charge in [-0.15, -0.1) is 5.10 Å². The van der Waals surface area contributed by atoms with Crippen molar-refractivity contribution in [1.82, 2.24) is 25.2 Å². The number of aliphatic hydroxyl groups is 1. The summed E-state index contributed by atoms with van der Waals surface area (Å²) in [5.74, 6) is 1.36. The fourth-order valence-corrected chi connectivity index (χ4v) is 5.38. The highest BCUT2D eigenvalue weighted by Gasteiger charge is 2.43. The van der Waals surface area contributed by atoms with Crippen molar-refractivity contribution in [1.29, 1.82) is 0 Å². The summed E-state index contributed by atoms with van der Waals surface area (Å²) in [4.78, 5) is 15.1. The summed E-state index contributed by atoms with van der Waals surface area (Å²) in [5.41, 5.74) is -0.0810. The zero-order chi connectivity index (χ0) is 19.8. The van der Waals surface area contributed by atoms with Crippen LogP contribution in [0.1, 0.15) is 50.0 Å². The number of rotatable bonds is 6. The second-order valence-electron chi connectivity index (χ2n) is 8.90. The van der Waals surface area contributed by atoms with Gasteiger partial charge in [-0.05, 0) is 50.3 Å². The number of nitrogens with one attached hydrogen (secondary N) is 1. The molecule has 8 heteroatoms. The molecule has 1 amide bonds. The summed E-state index contributed by atoms with van der Waals surface area (Å²) in [6.45, 7) is 3.04. The Balaban J connectivity index is 1.18. The first-order valence-electron chi connectivity index (χ1n) is 10.8. The summed E-state index contributed by atoms with van der Waals surface area (Å²) in [5, 5.41) is 22.3. The van der Waals surface area contributed by atoms with Gasteiger partial charge in [0.1, 0.15) is 17.1 Å². The van der Waals surface area contributed by atoms with Crippen LogP contribution in [-0.2, 0) is 23.5 Å². The Morgan fingerprint density at radius 1 is 1.38 bits per heavy atom. The van der Waals surface area contributed by atoms with Gasteiger partial charge in [-0.3, -0.25) is 14.4 Å². The van der Waals surface area contributed by atoms with Crippen LogP contribution in [0.4, 0.5) is 0 Å². The molecule has 2 N–H and O–H groups in total. The summed E-state index contributed by atoms with van der Waals surface area (Å²) in [6, 6.07) is 4.08. The Kier molecular flexibility index (Phi) is 4.91. The number of hydrogen-bond donors (Lipinski definition) is 2. The third-order valence-corrected chi connectivity index (χ3v) is 7.08. The maximum absolute atomic E-state index is 12.7. The number of hydrogen-bond acceptors (Lipinski definition) is 6. The lowest BCUT2D eigenvalue weighted by molar-refractivity contribution is -0.133. The van der Waals surface area contributed by atoms with Crippen LogP contribution in [0.15, 0.2) is 29.0 Å². The molecule has 0 radical (unpaired) electrons. The van der Waals surface area contributed by atoms with Gasteiger partial charge in [0.2, 0.25) is 5.91 Å². The second kappa shape index (κ2) is 7.57. The fraction of sp³-hybridized carbons (Fsp3) is 0.667. The molecule has 1 unspecified atom stereocenters. The van der Waals surface area contributed by atoms with Gasteiger partial charge in [0, 0.05) is 12.6 Å².